The lowest BCUT2D eigenvalue weighted by Crippen LogP contribution is -2.50. The number of aliphatic imine (C=N–C) groups is 2. The summed E-state index contributed by atoms with van der Waals surface area (Å²) in [5, 5.41) is 24.8. The van der Waals surface area contributed by atoms with Crippen LogP contribution in [0.4, 0.5) is 11.4 Å². The molecule has 0 atom stereocenters. The second-order valence-electron chi connectivity index (χ2n) is 7.80. The molecule has 0 amide bonds. The van der Waals surface area contributed by atoms with Crippen LogP contribution in [0.5, 0.6) is 0 Å². The Morgan fingerprint density at radius 3 is 1.62 bits per heavy atom. The highest BCUT2D eigenvalue weighted by atomic mass is 127. The first kappa shape index (κ1) is 30.7. The van der Waals surface area contributed by atoms with Gasteiger partial charge in [-0.05, 0) is 52.3 Å². The number of hydrogen-bond acceptors (Lipinski definition) is 4. The zero-order chi connectivity index (χ0) is 20.7. The van der Waals surface area contributed by atoms with E-state index in [9.17, 15) is 10.2 Å². The summed E-state index contributed by atoms with van der Waals surface area (Å²) < 4.78 is 1.32. The number of benzene rings is 1. The molecule has 0 aliphatic carbocycles. The molecule has 0 saturated heterocycles. The van der Waals surface area contributed by atoms with E-state index in [4.69, 9.17) is 0 Å². The molecule has 0 spiro atoms. The van der Waals surface area contributed by atoms with Crippen LogP contribution in [0.15, 0.2) is 28.2 Å². The highest BCUT2D eigenvalue weighted by Crippen LogP contribution is 2.25. The lowest BCUT2D eigenvalue weighted by atomic mass is 10.2. The van der Waals surface area contributed by atoms with Gasteiger partial charge in [-0.2, -0.15) is 0 Å². The molecule has 1 aromatic carbocycles. The summed E-state index contributed by atoms with van der Waals surface area (Å²) in [5.74, 6) is -0.294. The maximum Gasteiger partial charge on any atom is 0.107 e. The number of halogens is 2. The average Bonchev–Trinajstić information content (AvgIpc) is 2.64. The fourth-order valence-electron chi connectivity index (χ4n) is 2.68. The van der Waals surface area contributed by atoms with Gasteiger partial charge in [0, 0.05) is 11.8 Å². The lowest BCUT2D eigenvalue weighted by Gasteiger charge is -2.34. The van der Waals surface area contributed by atoms with Gasteiger partial charge in [-0.25, -0.2) is 0 Å². The highest BCUT2D eigenvalue weighted by Gasteiger charge is 2.16. The van der Waals surface area contributed by atoms with Crippen LogP contribution >= 0.6 is 48.0 Å². The van der Waals surface area contributed by atoms with Gasteiger partial charge in [0.05, 0.1) is 51.6 Å². The van der Waals surface area contributed by atoms with Crippen LogP contribution < -0.4 is 10.2 Å². The molecule has 1 rings (SSSR count). The monoisotopic (exact) mass is 632 g/mol. The molecule has 0 aromatic heterocycles. The first-order chi connectivity index (χ1) is 12.6. The Balaban J connectivity index is 0. The Labute approximate surface area is 211 Å². The number of nitrogens with zero attached hydrogens (tertiary/aromatic N) is 4. The summed E-state index contributed by atoms with van der Waals surface area (Å²) in [6.45, 7) is 14.5. The summed E-state index contributed by atoms with van der Waals surface area (Å²) in [6.07, 6.45) is 0. The molecule has 1 aromatic rings. The van der Waals surface area contributed by atoms with Gasteiger partial charge in [0.1, 0.15) is 13.1 Å². The largest absolute Gasteiger partial charge is 0.858 e. The quantitative estimate of drug-likeness (QED) is 0.172. The summed E-state index contributed by atoms with van der Waals surface area (Å²) in [4.78, 5) is 8.51. The zero-order valence-corrected chi connectivity index (χ0v) is 23.6. The fraction of sp³-hybridized carbons (Fsp3) is 0.619. The molecule has 0 aliphatic rings. The van der Waals surface area contributed by atoms with E-state index in [-0.39, 0.29) is 59.7 Å². The van der Waals surface area contributed by atoms with Crippen LogP contribution in [-0.2, 0) is 0 Å². The molecule has 0 fully saturated rings. The minimum absolute atomic E-state index is 0. The van der Waals surface area contributed by atoms with Gasteiger partial charge in [-0.3, -0.25) is 9.98 Å². The second-order valence-corrected chi connectivity index (χ2v) is 7.80. The van der Waals surface area contributed by atoms with Crippen LogP contribution in [-0.4, -0.2) is 74.1 Å². The number of quaternary nitrogens is 2. The lowest BCUT2D eigenvalue weighted by molar-refractivity contribution is -0.899. The molecule has 168 valence electrons. The average molecular weight is 632 g/mol. The molecule has 0 radical (unpaired) electrons. The van der Waals surface area contributed by atoms with Crippen molar-refractivity contribution in [3.63, 3.8) is 0 Å². The Bertz CT molecular complexity index is 685. The van der Waals surface area contributed by atoms with Gasteiger partial charge in [-0.1, -0.05) is 6.07 Å². The molecule has 0 heterocycles. The van der Waals surface area contributed by atoms with Gasteiger partial charge < -0.3 is 19.2 Å². The molecular formula is C21H38I2N4O2. The van der Waals surface area contributed by atoms with Crippen LogP contribution in [0.3, 0.4) is 0 Å². The third kappa shape index (κ3) is 9.93. The van der Waals surface area contributed by atoms with Crippen LogP contribution in [0.1, 0.15) is 33.3 Å². The van der Waals surface area contributed by atoms with Crippen LogP contribution in [0.2, 0.25) is 0 Å². The first-order valence-corrected chi connectivity index (χ1v) is 9.87. The number of rotatable bonds is 10. The van der Waals surface area contributed by atoms with Crippen molar-refractivity contribution in [2.75, 3.05) is 53.4 Å². The topological polar surface area (TPSA) is 70.8 Å². The molecule has 29 heavy (non-hydrogen) atoms. The van der Waals surface area contributed by atoms with Crippen molar-refractivity contribution in [2.45, 2.75) is 34.6 Å². The molecule has 0 unspecified atom stereocenters. The van der Waals surface area contributed by atoms with E-state index >= 15 is 0 Å². The van der Waals surface area contributed by atoms with Crippen LogP contribution in [0, 0.1) is 6.92 Å². The predicted octanol–water partition coefficient (Wildman–Crippen LogP) is 2.98. The van der Waals surface area contributed by atoms with Gasteiger partial charge in [0.25, 0.3) is 0 Å². The molecule has 0 saturated carbocycles. The number of hydrogen-bond donors (Lipinski definition) is 0. The molecule has 0 aliphatic heterocycles. The minimum atomic E-state index is -0.150. The Hall–Kier alpha value is -0.460. The standard InChI is InChI=1S/C21H36N4O2.2HI/c1-8-24(6,9-2)15-20(26)22-18-13-12-17(5)19(14-18)23-21(27)16-25(7,10-3)11-4;;/h12-14H,8-11,15-16H2,1-7H3;2*1H. The summed E-state index contributed by atoms with van der Waals surface area (Å²) in [5.41, 5.74) is 2.05. The second kappa shape index (κ2) is 13.8. The SMILES string of the molecule is CC[N+](C)(CC)CC([O-])=Nc1ccc(C)c(N=C([O-])C[N+](C)(CC)CC)c1.I.I. The number of likely N-dealkylation sites (N-methyl/N-ethyl adjacent to an activating group) is 2. The molecule has 6 nitrogen and oxygen atoms in total. The summed E-state index contributed by atoms with van der Waals surface area (Å²) in [7, 11) is 4.11. The molecule has 8 heteroatoms. The Morgan fingerprint density at radius 2 is 1.21 bits per heavy atom. The maximum absolute atomic E-state index is 12.4. The third-order valence-electron chi connectivity index (χ3n) is 5.78. The fourth-order valence-corrected chi connectivity index (χ4v) is 2.68. The van der Waals surface area contributed by atoms with E-state index in [0.717, 1.165) is 31.7 Å². The first-order valence-electron chi connectivity index (χ1n) is 9.87. The zero-order valence-electron chi connectivity index (χ0n) is 18.9. The van der Waals surface area contributed by atoms with Crippen molar-refractivity contribution < 1.29 is 19.2 Å². The highest BCUT2D eigenvalue weighted by molar-refractivity contribution is 14.0. The normalized spacial score (nSPS) is 12.9. The number of aryl methyl sites for hydroxylation is 1. The van der Waals surface area contributed by atoms with Gasteiger partial charge >= 0.3 is 0 Å². The van der Waals surface area contributed by atoms with Crippen LogP contribution in [0.25, 0.3) is 0 Å². The van der Waals surface area contributed by atoms with E-state index in [1.165, 1.54) is 0 Å². The molecular weight excluding hydrogens is 594 g/mol. The van der Waals surface area contributed by atoms with Crippen molar-refractivity contribution in [3.05, 3.63) is 23.8 Å². The maximum atomic E-state index is 12.4. The van der Waals surface area contributed by atoms with Gasteiger partial charge in [-0.15, -0.1) is 48.0 Å². The summed E-state index contributed by atoms with van der Waals surface area (Å²) >= 11 is 0. The Morgan fingerprint density at radius 1 is 0.793 bits per heavy atom. The van der Waals surface area contributed by atoms with Gasteiger partial charge in [0.15, 0.2) is 0 Å². The minimum Gasteiger partial charge on any atom is -0.858 e. The van der Waals surface area contributed by atoms with E-state index in [0.29, 0.717) is 33.4 Å². The van der Waals surface area contributed by atoms with E-state index < -0.39 is 0 Å². The third-order valence-corrected chi connectivity index (χ3v) is 5.78. The van der Waals surface area contributed by atoms with E-state index in [1.807, 2.05) is 13.0 Å². The van der Waals surface area contributed by atoms with Gasteiger partial charge in [0.2, 0.25) is 0 Å². The predicted molar refractivity (Wildman–Crippen MR) is 140 cm³/mol. The Kier molecular flexibility index (Phi) is 14.6. The molecule has 0 N–H and O–H groups in total. The van der Waals surface area contributed by atoms with E-state index in [1.54, 1.807) is 12.1 Å². The molecule has 0 bridgehead atoms. The van der Waals surface area contributed by atoms with Crippen molar-refractivity contribution in [1.29, 1.82) is 0 Å². The van der Waals surface area contributed by atoms with E-state index in [2.05, 4.69) is 51.8 Å². The van der Waals surface area contributed by atoms with Crippen molar-refractivity contribution in [3.8, 4) is 0 Å². The van der Waals surface area contributed by atoms with Crippen molar-refractivity contribution >= 4 is 71.1 Å². The smallest absolute Gasteiger partial charge is 0.107 e. The van der Waals surface area contributed by atoms with Crippen molar-refractivity contribution in [2.24, 2.45) is 9.98 Å². The van der Waals surface area contributed by atoms with Crippen molar-refractivity contribution in [1.82, 2.24) is 0 Å². The summed E-state index contributed by atoms with van der Waals surface area (Å²) in [6, 6.07) is 5.40.